The van der Waals surface area contributed by atoms with E-state index in [0.29, 0.717) is 23.7 Å². The molecular weight excluding hydrogens is 324 g/mol. The zero-order valence-electron chi connectivity index (χ0n) is 14.6. The molecule has 0 radical (unpaired) electrons. The lowest BCUT2D eigenvalue weighted by atomic mass is 9.57. The molecule has 24 heavy (non-hydrogen) atoms. The Hall–Kier alpha value is -0.460. The highest BCUT2D eigenvalue weighted by Gasteiger charge is 2.69. The Morgan fingerprint density at radius 1 is 1.12 bits per heavy atom. The van der Waals surface area contributed by atoms with Crippen LogP contribution >= 0.6 is 11.3 Å². The fourth-order valence-electron chi connectivity index (χ4n) is 5.68. The predicted octanol–water partition coefficient (Wildman–Crippen LogP) is 4.67. The Bertz CT molecular complexity index is 619. The minimum absolute atomic E-state index is 0.0891. The van der Waals surface area contributed by atoms with Gasteiger partial charge in [-0.05, 0) is 55.4 Å². The van der Waals surface area contributed by atoms with Gasteiger partial charge in [0.2, 0.25) is 5.79 Å². The summed E-state index contributed by atoms with van der Waals surface area (Å²) in [7, 11) is 0. The molecule has 5 heteroatoms. The first-order valence-corrected chi connectivity index (χ1v) is 10.1. The molecule has 4 saturated heterocycles. The molecule has 1 spiro atoms. The summed E-state index contributed by atoms with van der Waals surface area (Å²) in [5.74, 6) is 1.18. The standard InChI is InChI=1S/C19H26O4S/c1-11-6-7-14-12(2)16(15-5-4-10-24-15)20-17-19(14)13(11)8-9-18(3,21-17)22-23-19/h4-5,10-14,16-17H,6-9H2,1-3H3/t11-,12-,13+,14+,16?,17-,18-,19-/m1/s1. The SMILES string of the molecule is C[C@@H]1CC[C@H]2[C@@H](C)C(c3cccs3)O[C@@H]3O[C@@]4(C)CC[C@@H]1[C@]32OO4. The Morgan fingerprint density at radius 2 is 2.00 bits per heavy atom. The van der Waals surface area contributed by atoms with Gasteiger partial charge in [-0.25, -0.2) is 9.78 Å². The van der Waals surface area contributed by atoms with E-state index in [1.54, 1.807) is 11.3 Å². The fraction of sp³-hybridized carbons (Fsp3) is 0.789. The van der Waals surface area contributed by atoms with E-state index in [1.165, 1.54) is 11.3 Å². The van der Waals surface area contributed by atoms with Gasteiger partial charge in [0, 0.05) is 17.2 Å². The van der Waals surface area contributed by atoms with Crippen LogP contribution in [-0.2, 0) is 19.2 Å². The van der Waals surface area contributed by atoms with Crippen molar-refractivity contribution >= 4 is 11.3 Å². The second kappa shape index (κ2) is 5.27. The molecule has 132 valence electrons. The van der Waals surface area contributed by atoms with E-state index in [2.05, 4.69) is 31.4 Å². The first kappa shape index (κ1) is 15.8. The third kappa shape index (κ3) is 1.99. The number of hydrogen-bond acceptors (Lipinski definition) is 5. The summed E-state index contributed by atoms with van der Waals surface area (Å²) in [4.78, 5) is 13.3. The third-order valence-electron chi connectivity index (χ3n) is 6.98. The van der Waals surface area contributed by atoms with E-state index < -0.39 is 11.4 Å². The first-order chi connectivity index (χ1) is 11.5. The van der Waals surface area contributed by atoms with Crippen LogP contribution < -0.4 is 0 Å². The molecule has 1 saturated carbocycles. The van der Waals surface area contributed by atoms with E-state index in [4.69, 9.17) is 19.2 Å². The second-order valence-corrected chi connectivity index (χ2v) is 9.32. The highest BCUT2D eigenvalue weighted by Crippen LogP contribution is 2.62. The van der Waals surface area contributed by atoms with E-state index in [-0.39, 0.29) is 12.4 Å². The number of thiophene rings is 1. The Balaban J connectivity index is 1.60. The molecular formula is C19H26O4S. The van der Waals surface area contributed by atoms with Gasteiger partial charge in [-0.3, -0.25) is 0 Å². The minimum atomic E-state index is -0.682. The quantitative estimate of drug-likeness (QED) is 0.690. The lowest BCUT2D eigenvalue weighted by molar-refractivity contribution is -0.571. The van der Waals surface area contributed by atoms with Gasteiger partial charge in [0.05, 0.1) is 6.10 Å². The summed E-state index contributed by atoms with van der Waals surface area (Å²) >= 11 is 1.77. The average molecular weight is 350 g/mol. The predicted molar refractivity (Wildman–Crippen MR) is 90.1 cm³/mol. The van der Waals surface area contributed by atoms with Crippen LogP contribution in [0.25, 0.3) is 0 Å². The topological polar surface area (TPSA) is 36.9 Å². The van der Waals surface area contributed by atoms with Gasteiger partial charge in [0.1, 0.15) is 0 Å². The summed E-state index contributed by atoms with van der Waals surface area (Å²) < 4.78 is 13.0. The number of fused-ring (bicyclic) bond motifs is 2. The summed E-state index contributed by atoms with van der Waals surface area (Å²) in [5, 5.41) is 2.13. The smallest absolute Gasteiger partial charge is 0.201 e. The molecule has 8 atom stereocenters. The van der Waals surface area contributed by atoms with E-state index in [9.17, 15) is 0 Å². The van der Waals surface area contributed by atoms with Crippen molar-refractivity contribution in [1.82, 2.24) is 0 Å². The van der Waals surface area contributed by atoms with Crippen LogP contribution in [0.1, 0.15) is 57.4 Å². The molecule has 0 N–H and O–H groups in total. The molecule has 4 aliphatic heterocycles. The monoisotopic (exact) mass is 350 g/mol. The molecule has 0 aromatic carbocycles. The van der Waals surface area contributed by atoms with Crippen molar-refractivity contribution in [2.24, 2.45) is 23.7 Å². The molecule has 1 unspecified atom stereocenters. The highest BCUT2D eigenvalue weighted by molar-refractivity contribution is 7.10. The van der Waals surface area contributed by atoms with E-state index in [1.807, 2.05) is 6.92 Å². The number of rotatable bonds is 1. The Kier molecular flexibility index (Phi) is 3.46. The molecule has 0 amide bonds. The van der Waals surface area contributed by atoms with Crippen molar-refractivity contribution in [2.75, 3.05) is 0 Å². The molecule has 1 aromatic heterocycles. The molecule has 5 fully saturated rings. The van der Waals surface area contributed by atoms with Gasteiger partial charge in [-0.2, -0.15) is 0 Å². The number of hydrogen-bond donors (Lipinski definition) is 0. The number of ether oxygens (including phenoxy) is 2. The van der Waals surface area contributed by atoms with Gasteiger partial charge in [0.15, 0.2) is 11.9 Å². The van der Waals surface area contributed by atoms with Gasteiger partial charge >= 0.3 is 0 Å². The lowest BCUT2D eigenvalue weighted by Crippen LogP contribution is -2.69. The van der Waals surface area contributed by atoms with Gasteiger partial charge < -0.3 is 9.47 Å². The van der Waals surface area contributed by atoms with Crippen molar-refractivity contribution in [1.29, 1.82) is 0 Å². The third-order valence-corrected chi connectivity index (χ3v) is 7.92. The van der Waals surface area contributed by atoms with Crippen LogP contribution in [0.3, 0.4) is 0 Å². The minimum Gasteiger partial charge on any atom is -0.340 e. The maximum absolute atomic E-state index is 6.58. The normalized spacial score (nSPS) is 53.5. The fourth-order valence-corrected chi connectivity index (χ4v) is 6.56. The van der Waals surface area contributed by atoms with E-state index >= 15 is 0 Å². The van der Waals surface area contributed by atoms with E-state index in [0.717, 1.165) is 19.3 Å². The van der Waals surface area contributed by atoms with Gasteiger partial charge in [-0.1, -0.05) is 19.9 Å². The molecule has 2 bridgehead atoms. The van der Waals surface area contributed by atoms with Crippen LogP contribution in [0.2, 0.25) is 0 Å². The van der Waals surface area contributed by atoms with Crippen LogP contribution in [0.15, 0.2) is 17.5 Å². The average Bonchev–Trinajstić information content (AvgIpc) is 2.99. The van der Waals surface area contributed by atoms with Crippen LogP contribution in [0.4, 0.5) is 0 Å². The zero-order valence-corrected chi connectivity index (χ0v) is 15.4. The highest BCUT2D eigenvalue weighted by atomic mass is 32.1. The largest absolute Gasteiger partial charge is 0.340 e. The van der Waals surface area contributed by atoms with Crippen molar-refractivity contribution in [3.63, 3.8) is 0 Å². The van der Waals surface area contributed by atoms with Crippen molar-refractivity contribution < 1.29 is 19.2 Å². The molecule has 1 aromatic rings. The Labute approximate surface area is 147 Å². The molecule has 5 heterocycles. The molecule has 1 aliphatic carbocycles. The van der Waals surface area contributed by atoms with Crippen molar-refractivity contribution in [3.8, 4) is 0 Å². The summed E-state index contributed by atoms with van der Waals surface area (Å²) in [5.41, 5.74) is -0.444. The summed E-state index contributed by atoms with van der Waals surface area (Å²) in [6.45, 7) is 6.65. The maximum Gasteiger partial charge on any atom is 0.201 e. The molecule has 6 rings (SSSR count). The summed E-state index contributed by atoms with van der Waals surface area (Å²) in [6.07, 6.45) is 4.12. The molecule has 4 nitrogen and oxygen atoms in total. The van der Waals surface area contributed by atoms with Gasteiger partial charge in [0.25, 0.3) is 0 Å². The van der Waals surface area contributed by atoms with Crippen molar-refractivity contribution in [2.45, 2.75) is 70.2 Å². The zero-order chi connectivity index (χ0) is 16.5. The lowest BCUT2D eigenvalue weighted by Gasteiger charge is -2.60. The van der Waals surface area contributed by atoms with Crippen molar-refractivity contribution in [3.05, 3.63) is 22.4 Å². The Morgan fingerprint density at radius 3 is 2.79 bits per heavy atom. The molecule has 5 aliphatic rings. The maximum atomic E-state index is 6.58. The first-order valence-electron chi connectivity index (χ1n) is 9.27. The van der Waals surface area contributed by atoms with Crippen LogP contribution in [0.5, 0.6) is 0 Å². The van der Waals surface area contributed by atoms with Gasteiger partial charge in [-0.15, -0.1) is 11.3 Å². The van der Waals surface area contributed by atoms with Crippen LogP contribution in [-0.4, -0.2) is 17.7 Å². The second-order valence-electron chi connectivity index (χ2n) is 8.34. The van der Waals surface area contributed by atoms with Crippen LogP contribution in [0, 0.1) is 23.7 Å². The summed E-state index contributed by atoms with van der Waals surface area (Å²) in [6, 6.07) is 4.29.